The van der Waals surface area contributed by atoms with Gasteiger partial charge in [0.05, 0.1) is 16.6 Å². The Labute approximate surface area is 263 Å². The van der Waals surface area contributed by atoms with Crippen molar-refractivity contribution in [2.75, 3.05) is 37.7 Å². The molecule has 0 aliphatic carbocycles. The molecule has 42 heavy (non-hydrogen) atoms. The summed E-state index contributed by atoms with van der Waals surface area (Å²) in [4.78, 5) is 48.8. The Balaban J connectivity index is 1.71. The number of carbonyl (C=O) groups excluding carboxylic acids is 3. The number of halogens is 1. The van der Waals surface area contributed by atoms with E-state index in [0.717, 1.165) is 50.6 Å². The summed E-state index contributed by atoms with van der Waals surface area (Å²) in [7, 11) is 0. The van der Waals surface area contributed by atoms with E-state index < -0.39 is 22.6 Å². The van der Waals surface area contributed by atoms with Crippen LogP contribution in [0.15, 0.2) is 55.6 Å². The Morgan fingerprint density at radius 3 is 2.45 bits per heavy atom. The summed E-state index contributed by atoms with van der Waals surface area (Å²) in [6.45, 7) is 12.0. The first-order chi connectivity index (χ1) is 20.4. The quantitative estimate of drug-likeness (QED) is 0.137. The van der Waals surface area contributed by atoms with Crippen molar-refractivity contribution < 1.29 is 19.5 Å². The molecule has 3 heterocycles. The molecule has 7 nitrogen and oxygen atoms in total. The average Bonchev–Trinajstić information content (AvgIpc) is 3.58. The molecule has 3 aliphatic heterocycles. The summed E-state index contributed by atoms with van der Waals surface area (Å²) in [5.74, 6) is -1.27. The highest BCUT2D eigenvalue weighted by Gasteiger charge is 2.76. The molecular formula is C33H46BrN3O4S. The van der Waals surface area contributed by atoms with E-state index in [1.807, 2.05) is 40.1 Å². The van der Waals surface area contributed by atoms with Crippen molar-refractivity contribution in [1.82, 2.24) is 9.80 Å². The fourth-order valence-electron chi connectivity index (χ4n) is 7.09. The zero-order valence-electron chi connectivity index (χ0n) is 24.8. The third-order valence-electron chi connectivity index (χ3n) is 8.95. The predicted octanol–water partition coefficient (Wildman–Crippen LogP) is 5.43. The number of thioether (sulfide) groups is 1. The van der Waals surface area contributed by atoms with Gasteiger partial charge >= 0.3 is 0 Å². The minimum absolute atomic E-state index is 0.0228. The second kappa shape index (κ2) is 15.1. The molecule has 3 aliphatic rings. The molecule has 6 atom stereocenters. The van der Waals surface area contributed by atoms with Gasteiger partial charge in [-0.1, -0.05) is 78.9 Å². The first-order valence-electron chi connectivity index (χ1n) is 15.5. The maximum absolute atomic E-state index is 14.5. The van der Waals surface area contributed by atoms with Crippen molar-refractivity contribution in [3.05, 3.63) is 55.6 Å². The van der Waals surface area contributed by atoms with Crippen LogP contribution in [0, 0.1) is 11.8 Å². The number of alkyl halides is 1. The zero-order valence-corrected chi connectivity index (χ0v) is 27.2. The summed E-state index contributed by atoms with van der Waals surface area (Å²) < 4.78 is -0.668. The van der Waals surface area contributed by atoms with Gasteiger partial charge in [0, 0.05) is 48.6 Å². The first kappa shape index (κ1) is 32.8. The largest absolute Gasteiger partial charge is 0.396 e. The van der Waals surface area contributed by atoms with Crippen LogP contribution >= 0.6 is 27.7 Å². The summed E-state index contributed by atoms with van der Waals surface area (Å²) in [5.41, 5.74) is 0.780. The van der Waals surface area contributed by atoms with E-state index >= 15 is 0 Å². The summed E-state index contributed by atoms with van der Waals surface area (Å²) >= 11 is 5.58. The van der Waals surface area contributed by atoms with Crippen LogP contribution in [-0.2, 0) is 14.4 Å². The van der Waals surface area contributed by atoms with Crippen LogP contribution in [0.25, 0.3) is 0 Å². The number of para-hydroxylation sites is 1. The Morgan fingerprint density at radius 1 is 1.07 bits per heavy atom. The minimum Gasteiger partial charge on any atom is -0.396 e. The van der Waals surface area contributed by atoms with Crippen LogP contribution in [-0.4, -0.2) is 86.3 Å². The number of nitrogens with zero attached hydrogens (tertiary/aromatic N) is 3. The van der Waals surface area contributed by atoms with Crippen molar-refractivity contribution in [2.45, 2.75) is 79.2 Å². The molecule has 0 saturated carbocycles. The van der Waals surface area contributed by atoms with E-state index in [2.05, 4.69) is 36.0 Å². The molecule has 1 spiro atoms. The number of likely N-dealkylation sites (tertiary alicyclic amines) is 1. The van der Waals surface area contributed by atoms with Gasteiger partial charge < -0.3 is 19.8 Å². The van der Waals surface area contributed by atoms with E-state index in [0.29, 0.717) is 32.6 Å². The number of aliphatic hydroxyl groups excluding tert-OH is 1. The van der Waals surface area contributed by atoms with Crippen LogP contribution in [0.5, 0.6) is 0 Å². The number of hydrogen-bond acceptors (Lipinski definition) is 5. The number of hydrogen-bond donors (Lipinski definition) is 1. The third-order valence-corrected chi connectivity index (χ3v) is 12.2. The van der Waals surface area contributed by atoms with Crippen molar-refractivity contribution >= 4 is 51.1 Å². The number of unbranched alkanes of at least 4 members (excludes halogenated alkanes) is 5. The zero-order chi connectivity index (χ0) is 30.3. The predicted molar refractivity (Wildman–Crippen MR) is 175 cm³/mol. The second-order valence-electron chi connectivity index (χ2n) is 11.7. The highest BCUT2D eigenvalue weighted by molar-refractivity contribution is 9.09. The Bertz CT molecular complexity index is 1120. The van der Waals surface area contributed by atoms with Gasteiger partial charge in [-0.3, -0.25) is 14.4 Å². The lowest BCUT2D eigenvalue weighted by Crippen LogP contribution is -2.56. The first-order valence-corrected chi connectivity index (χ1v) is 17.3. The van der Waals surface area contributed by atoms with Crippen molar-refractivity contribution in [2.24, 2.45) is 11.8 Å². The molecule has 3 amide bonds. The fraction of sp³-hybridized carbons (Fsp3) is 0.606. The van der Waals surface area contributed by atoms with Gasteiger partial charge in [0.15, 0.2) is 0 Å². The lowest BCUT2D eigenvalue weighted by atomic mass is 9.70. The van der Waals surface area contributed by atoms with Crippen molar-refractivity contribution in [3.63, 3.8) is 0 Å². The Kier molecular flexibility index (Phi) is 11.8. The van der Waals surface area contributed by atoms with E-state index in [-0.39, 0.29) is 34.4 Å². The number of benzene rings is 1. The average molecular weight is 661 g/mol. The normalized spacial score (nSPS) is 27.6. The number of aliphatic hydroxyl groups is 1. The Morgan fingerprint density at radius 2 is 1.79 bits per heavy atom. The van der Waals surface area contributed by atoms with Gasteiger partial charge in [0.25, 0.3) is 0 Å². The summed E-state index contributed by atoms with van der Waals surface area (Å²) in [5, 5.41) is 9.11. The van der Waals surface area contributed by atoms with Crippen LogP contribution in [0.1, 0.15) is 58.3 Å². The van der Waals surface area contributed by atoms with Gasteiger partial charge in [0.1, 0.15) is 6.04 Å². The number of fused-ring (bicyclic) bond motifs is 1. The van der Waals surface area contributed by atoms with E-state index in [1.54, 1.807) is 28.8 Å². The molecule has 3 saturated heterocycles. The molecule has 3 fully saturated rings. The number of carbonyl (C=O) groups is 3. The molecular weight excluding hydrogens is 614 g/mol. The standard InChI is InChI=1S/C33H46BrN3O4S/c1-4-7-13-20-35(18-5-2)32(41)29-33-23-25(34)28(42-33)26(27(33)31(40)37(29)21-14-8-9-15-22-38)30(39)36(19-6-3)24-16-11-10-12-17-24/h5-6,10-12,16-17,25-29,38H,2-4,7-9,13-15,18-23H2,1H3/t25?,26-,27+,28-,29?,33?/m1/s1. The van der Waals surface area contributed by atoms with E-state index in [4.69, 9.17) is 0 Å². The molecule has 1 aromatic carbocycles. The molecule has 1 N–H and O–H groups in total. The van der Waals surface area contributed by atoms with Crippen LogP contribution < -0.4 is 4.90 Å². The van der Waals surface area contributed by atoms with Crippen molar-refractivity contribution in [1.29, 1.82) is 0 Å². The highest BCUT2D eigenvalue weighted by atomic mass is 79.9. The van der Waals surface area contributed by atoms with Gasteiger partial charge in [-0.25, -0.2) is 0 Å². The SMILES string of the molecule is C=CCN(CCCCC)C(=O)C1N(CCCCCCO)C(=O)[C@@H]2[C@@H](C(=O)N(CC=C)c3ccccc3)[C@@H]3SC12CC3Br. The molecule has 1 aromatic rings. The Hall–Kier alpha value is -2.10. The van der Waals surface area contributed by atoms with Gasteiger partial charge in [-0.2, -0.15) is 0 Å². The number of anilines is 1. The highest BCUT2D eigenvalue weighted by Crippen LogP contribution is 2.68. The van der Waals surface area contributed by atoms with Gasteiger partial charge in [-0.15, -0.1) is 24.9 Å². The molecule has 230 valence electrons. The molecule has 4 rings (SSSR count). The lowest BCUT2D eigenvalue weighted by Gasteiger charge is -2.38. The maximum atomic E-state index is 14.5. The summed E-state index contributed by atoms with van der Waals surface area (Å²) in [6, 6.07) is 8.93. The third kappa shape index (κ3) is 6.39. The monoisotopic (exact) mass is 659 g/mol. The van der Waals surface area contributed by atoms with Crippen LogP contribution in [0.2, 0.25) is 0 Å². The fourth-order valence-corrected chi connectivity index (χ4v) is 10.7. The smallest absolute Gasteiger partial charge is 0.247 e. The number of amides is 3. The molecule has 2 bridgehead atoms. The molecule has 9 heteroatoms. The topological polar surface area (TPSA) is 81.2 Å². The minimum atomic E-state index is -0.668. The van der Waals surface area contributed by atoms with E-state index in [1.165, 1.54) is 0 Å². The molecule has 0 radical (unpaired) electrons. The van der Waals surface area contributed by atoms with Crippen LogP contribution in [0.4, 0.5) is 5.69 Å². The second-order valence-corrected chi connectivity index (χ2v) is 14.4. The van der Waals surface area contributed by atoms with Gasteiger partial charge in [-0.05, 0) is 37.8 Å². The van der Waals surface area contributed by atoms with E-state index in [9.17, 15) is 19.5 Å². The van der Waals surface area contributed by atoms with Crippen molar-refractivity contribution in [3.8, 4) is 0 Å². The lowest BCUT2D eigenvalue weighted by molar-refractivity contribution is -0.142. The van der Waals surface area contributed by atoms with Crippen LogP contribution in [0.3, 0.4) is 0 Å². The maximum Gasteiger partial charge on any atom is 0.247 e. The van der Waals surface area contributed by atoms with Gasteiger partial charge in [0.2, 0.25) is 17.7 Å². The number of rotatable bonds is 17. The molecule has 0 aromatic heterocycles. The molecule has 3 unspecified atom stereocenters. The summed E-state index contributed by atoms with van der Waals surface area (Å²) in [6.07, 6.45) is 10.4.